The summed E-state index contributed by atoms with van der Waals surface area (Å²) in [5.74, 6) is 1.06. The number of piperidine rings is 1. The number of hydrogen-bond donors (Lipinski definition) is 1. The molecule has 3 heterocycles. The van der Waals surface area contributed by atoms with Crippen molar-refractivity contribution < 1.29 is 9.53 Å². The van der Waals surface area contributed by atoms with Gasteiger partial charge in [0.05, 0.1) is 29.7 Å². The Labute approximate surface area is 151 Å². The molecule has 0 saturated carbocycles. The number of nitrogens with zero attached hydrogens (tertiary/aromatic N) is 4. The average molecular weight is 351 g/mol. The van der Waals surface area contributed by atoms with E-state index in [4.69, 9.17) is 4.74 Å². The zero-order valence-corrected chi connectivity index (χ0v) is 14.7. The number of aromatic amines is 1. The van der Waals surface area contributed by atoms with Crippen LogP contribution < -0.4 is 4.74 Å². The first kappa shape index (κ1) is 16.5. The molecule has 1 aliphatic rings. The van der Waals surface area contributed by atoms with Gasteiger partial charge in [0.25, 0.3) is 5.91 Å². The minimum Gasteiger partial charge on any atom is -0.476 e. The molecule has 2 aromatic heterocycles. The number of nitrogens with one attached hydrogen (secondary N) is 1. The largest absolute Gasteiger partial charge is 0.476 e. The third-order valence-electron chi connectivity index (χ3n) is 4.81. The Morgan fingerprint density at radius 3 is 2.85 bits per heavy atom. The number of fused-ring (bicyclic) bond motifs is 1. The summed E-state index contributed by atoms with van der Waals surface area (Å²) in [6.07, 6.45) is 3.50. The summed E-state index contributed by atoms with van der Waals surface area (Å²) in [5, 5.41) is 8.02. The van der Waals surface area contributed by atoms with Gasteiger partial charge in [0.2, 0.25) is 5.88 Å². The Morgan fingerprint density at radius 2 is 2.08 bits per heavy atom. The van der Waals surface area contributed by atoms with E-state index >= 15 is 0 Å². The molecule has 0 aliphatic carbocycles. The lowest BCUT2D eigenvalue weighted by Gasteiger charge is -2.31. The number of H-pyrrole nitrogens is 1. The van der Waals surface area contributed by atoms with Crippen LogP contribution in [0.25, 0.3) is 11.0 Å². The van der Waals surface area contributed by atoms with Crippen molar-refractivity contribution in [2.45, 2.75) is 19.8 Å². The van der Waals surface area contributed by atoms with Crippen LogP contribution in [0.4, 0.5) is 0 Å². The summed E-state index contributed by atoms with van der Waals surface area (Å²) >= 11 is 0. The zero-order chi connectivity index (χ0) is 17.9. The number of benzene rings is 1. The van der Waals surface area contributed by atoms with Crippen molar-refractivity contribution in [3.63, 3.8) is 0 Å². The molecule has 134 valence electrons. The molecule has 0 bridgehead atoms. The normalized spacial score (nSPS) is 15.3. The number of hydrogen-bond acceptors (Lipinski definition) is 5. The molecule has 3 aromatic rings. The van der Waals surface area contributed by atoms with Gasteiger partial charge in [-0.25, -0.2) is 4.98 Å². The molecule has 1 saturated heterocycles. The van der Waals surface area contributed by atoms with E-state index in [-0.39, 0.29) is 5.91 Å². The lowest BCUT2D eigenvalue weighted by Crippen LogP contribution is -2.39. The highest BCUT2D eigenvalue weighted by Crippen LogP contribution is 2.21. The van der Waals surface area contributed by atoms with E-state index in [1.165, 1.54) is 0 Å². The average Bonchev–Trinajstić information content (AvgIpc) is 3.15. The lowest BCUT2D eigenvalue weighted by atomic mass is 9.97. The topological polar surface area (TPSA) is 84.0 Å². The van der Waals surface area contributed by atoms with E-state index in [1.807, 2.05) is 42.2 Å². The highest BCUT2D eigenvalue weighted by molar-refractivity contribution is 5.97. The molecule has 1 aliphatic heterocycles. The Hall–Kier alpha value is -2.96. The quantitative estimate of drug-likeness (QED) is 0.781. The summed E-state index contributed by atoms with van der Waals surface area (Å²) in [5.41, 5.74) is 3.33. The Morgan fingerprint density at radius 1 is 1.23 bits per heavy atom. The van der Waals surface area contributed by atoms with Crippen LogP contribution in [0.3, 0.4) is 0 Å². The molecular weight excluding hydrogens is 330 g/mol. The standard InChI is InChI=1S/C19H21N5O2/c1-13-2-5-18(23-22-13)26-11-14-6-8-24(9-7-14)19(25)15-3-4-16-17(10-15)21-12-20-16/h2-5,10,12,14H,6-9,11H2,1H3,(H,20,21). The maximum atomic E-state index is 12.7. The second-order valence-electron chi connectivity index (χ2n) is 6.69. The molecule has 7 nitrogen and oxygen atoms in total. The monoisotopic (exact) mass is 351 g/mol. The molecule has 26 heavy (non-hydrogen) atoms. The minimum atomic E-state index is 0.0743. The fourth-order valence-corrected chi connectivity index (χ4v) is 3.22. The van der Waals surface area contributed by atoms with Crippen molar-refractivity contribution in [2.75, 3.05) is 19.7 Å². The summed E-state index contributed by atoms with van der Waals surface area (Å²) < 4.78 is 5.73. The highest BCUT2D eigenvalue weighted by Gasteiger charge is 2.24. The zero-order valence-electron chi connectivity index (χ0n) is 14.7. The van der Waals surface area contributed by atoms with Crippen LogP contribution in [0.1, 0.15) is 28.9 Å². The van der Waals surface area contributed by atoms with E-state index in [0.717, 1.165) is 42.7 Å². The van der Waals surface area contributed by atoms with Crippen molar-refractivity contribution >= 4 is 16.9 Å². The van der Waals surface area contributed by atoms with E-state index in [2.05, 4.69) is 20.2 Å². The minimum absolute atomic E-state index is 0.0743. The van der Waals surface area contributed by atoms with Gasteiger partial charge in [0, 0.05) is 24.7 Å². The molecule has 1 N–H and O–H groups in total. The molecule has 7 heteroatoms. The van der Waals surface area contributed by atoms with Gasteiger partial charge in [-0.05, 0) is 49.9 Å². The predicted octanol–water partition coefficient (Wildman–Crippen LogP) is 2.59. The second kappa shape index (κ2) is 7.11. The first-order valence-electron chi connectivity index (χ1n) is 8.84. The van der Waals surface area contributed by atoms with Crippen LogP contribution in [-0.4, -0.2) is 50.7 Å². The molecule has 0 spiro atoms. The number of aromatic nitrogens is 4. The van der Waals surface area contributed by atoms with Crippen LogP contribution in [-0.2, 0) is 0 Å². The number of ether oxygens (including phenoxy) is 1. The molecule has 0 radical (unpaired) electrons. The fraction of sp³-hybridized carbons (Fsp3) is 0.368. The number of rotatable bonds is 4. The third-order valence-corrected chi connectivity index (χ3v) is 4.81. The molecule has 4 rings (SSSR count). The Kier molecular flexibility index (Phi) is 4.51. The van der Waals surface area contributed by atoms with E-state index in [1.54, 1.807) is 6.33 Å². The molecule has 0 atom stereocenters. The molecule has 1 fully saturated rings. The van der Waals surface area contributed by atoms with E-state index in [0.29, 0.717) is 24.0 Å². The number of imidazole rings is 1. The smallest absolute Gasteiger partial charge is 0.253 e. The highest BCUT2D eigenvalue weighted by atomic mass is 16.5. The van der Waals surface area contributed by atoms with Gasteiger partial charge in [-0.15, -0.1) is 5.10 Å². The number of amides is 1. The van der Waals surface area contributed by atoms with Crippen molar-refractivity contribution in [1.29, 1.82) is 0 Å². The van der Waals surface area contributed by atoms with Crippen molar-refractivity contribution in [2.24, 2.45) is 5.92 Å². The fourth-order valence-electron chi connectivity index (χ4n) is 3.22. The molecule has 1 aromatic carbocycles. The van der Waals surface area contributed by atoms with Crippen molar-refractivity contribution in [3.8, 4) is 5.88 Å². The molecule has 1 amide bonds. The Bertz CT molecular complexity index is 898. The van der Waals surface area contributed by atoms with Crippen LogP contribution in [0.2, 0.25) is 0 Å². The summed E-state index contributed by atoms with van der Waals surface area (Å²) in [7, 11) is 0. The number of aryl methyl sites for hydroxylation is 1. The van der Waals surface area contributed by atoms with Gasteiger partial charge in [-0.1, -0.05) is 0 Å². The molecule has 0 unspecified atom stereocenters. The van der Waals surface area contributed by atoms with E-state index in [9.17, 15) is 4.79 Å². The first-order chi connectivity index (χ1) is 12.7. The Balaban J connectivity index is 1.31. The van der Waals surface area contributed by atoms with Crippen molar-refractivity contribution in [3.05, 3.63) is 47.9 Å². The van der Waals surface area contributed by atoms with E-state index < -0.39 is 0 Å². The van der Waals surface area contributed by atoms with Crippen LogP contribution in [0.5, 0.6) is 5.88 Å². The SMILES string of the molecule is Cc1ccc(OCC2CCN(C(=O)c3ccc4nc[nH]c4c3)CC2)nn1. The summed E-state index contributed by atoms with van der Waals surface area (Å²) in [6, 6.07) is 9.32. The van der Waals surface area contributed by atoms with Crippen molar-refractivity contribution in [1.82, 2.24) is 25.1 Å². The number of carbonyl (C=O) groups excluding carboxylic acids is 1. The molecular formula is C19H21N5O2. The van der Waals surface area contributed by atoms with Crippen LogP contribution in [0, 0.1) is 12.8 Å². The maximum Gasteiger partial charge on any atom is 0.253 e. The van der Waals surface area contributed by atoms with Gasteiger partial charge in [-0.2, -0.15) is 5.10 Å². The van der Waals surface area contributed by atoms with Gasteiger partial charge in [0.15, 0.2) is 0 Å². The third kappa shape index (κ3) is 3.51. The summed E-state index contributed by atoms with van der Waals surface area (Å²) in [6.45, 7) is 3.99. The van der Waals surface area contributed by atoms with Gasteiger partial charge < -0.3 is 14.6 Å². The number of carbonyl (C=O) groups is 1. The van der Waals surface area contributed by atoms with Gasteiger partial charge in [0.1, 0.15) is 0 Å². The van der Waals surface area contributed by atoms with Crippen LogP contribution >= 0.6 is 0 Å². The lowest BCUT2D eigenvalue weighted by molar-refractivity contribution is 0.0659. The summed E-state index contributed by atoms with van der Waals surface area (Å²) in [4.78, 5) is 21.9. The van der Waals surface area contributed by atoms with Gasteiger partial charge >= 0.3 is 0 Å². The van der Waals surface area contributed by atoms with Gasteiger partial charge in [-0.3, -0.25) is 4.79 Å². The maximum absolute atomic E-state index is 12.7. The second-order valence-corrected chi connectivity index (χ2v) is 6.69. The van der Waals surface area contributed by atoms with Crippen LogP contribution in [0.15, 0.2) is 36.7 Å². The predicted molar refractivity (Wildman–Crippen MR) is 97.0 cm³/mol. The number of likely N-dealkylation sites (tertiary alicyclic amines) is 1. The first-order valence-corrected chi connectivity index (χ1v) is 8.84.